The van der Waals surface area contributed by atoms with Crippen LogP contribution in [-0.2, 0) is 21.0 Å². The Morgan fingerprint density at radius 1 is 1.07 bits per heavy atom. The monoisotopic (exact) mass is 594 g/mol. The van der Waals surface area contributed by atoms with E-state index < -0.39 is 33.5 Å². The summed E-state index contributed by atoms with van der Waals surface area (Å²) < 4.78 is 98.3. The van der Waals surface area contributed by atoms with Gasteiger partial charge in [0.15, 0.2) is 5.82 Å². The number of alkyl halides is 3. The molecule has 0 saturated carbocycles. The number of hydrogen-bond donors (Lipinski definition) is 1. The highest BCUT2D eigenvalue weighted by atomic mass is 32.2. The first-order valence-corrected chi connectivity index (χ1v) is 13.2. The van der Waals surface area contributed by atoms with E-state index >= 15 is 4.39 Å². The molecule has 15 heteroatoms. The molecule has 4 aromatic rings. The molecule has 0 saturated heterocycles. The molecule has 0 fully saturated rings. The van der Waals surface area contributed by atoms with E-state index in [1.165, 1.54) is 44.7 Å². The first-order valence-electron chi connectivity index (χ1n) is 11.7. The zero-order valence-electron chi connectivity index (χ0n) is 21.7. The molecular formula is C26H22F4N4O6S. The van der Waals surface area contributed by atoms with Crippen molar-refractivity contribution in [2.45, 2.75) is 24.4 Å². The van der Waals surface area contributed by atoms with Crippen molar-refractivity contribution in [3.8, 4) is 22.6 Å². The van der Waals surface area contributed by atoms with Crippen LogP contribution in [0, 0.1) is 5.82 Å². The van der Waals surface area contributed by atoms with Crippen LogP contribution >= 0.6 is 0 Å². The number of ether oxygens (including phenoxy) is 2. The molecule has 0 aliphatic carbocycles. The van der Waals surface area contributed by atoms with Crippen molar-refractivity contribution in [2.24, 2.45) is 0 Å². The minimum Gasteiger partial charge on any atom is -0.497 e. The smallest absolute Gasteiger partial charge is 0.416 e. The van der Waals surface area contributed by atoms with E-state index in [2.05, 4.69) is 19.4 Å². The number of nitrogens with zero attached hydrogens (tertiary/aromatic N) is 3. The molecule has 0 bridgehead atoms. The molecule has 4 rings (SSSR count). The van der Waals surface area contributed by atoms with E-state index in [9.17, 15) is 26.4 Å². The number of nitrogens with one attached hydrogen (secondary N) is 1. The Hall–Kier alpha value is -4.66. The van der Waals surface area contributed by atoms with Crippen molar-refractivity contribution < 1.29 is 44.8 Å². The number of pyridine rings is 1. The Labute approximate surface area is 231 Å². The second-order valence-corrected chi connectivity index (χ2v) is 10.1. The zero-order valence-corrected chi connectivity index (χ0v) is 22.5. The quantitative estimate of drug-likeness (QED) is 0.242. The van der Waals surface area contributed by atoms with E-state index in [0.717, 1.165) is 35.4 Å². The number of anilines is 3. The van der Waals surface area contributed by atoms with Gasteiger partial charge in [0.25, 0.3) is 10.0 Å². The largest absolute Gasteiger partial charge is 0.497 e. The number of carbonyl (C=O) groups is 1. The lowest BCUT2D eigenvalue weighted by Crippen LogP contribution is -2.26. The number of halogens is 4. The molecule has 0 aliphatic rings. The maximum Gasteiger partial charge on any atom is 0.416 e. The number of hydrogen-bond acceptors (Lipinski definition) is 8. The first-order chi connectivity index (χ1) is 19.4. The van der Waals surface area contributed by atoms with Crippen molar-refractivity contribution >= 4 is 33.3 Å². The van der Waals surface area contributed by atoms with Crippen molar-refractivity contribution in [1.82, 2.24) is 10.1 Å². The summed E-state index contributed by atoms with van der Waals surface area (Å²) in [4.78, 5) is 17.8. The summed E-state index contributed by atoms with van der Waals surface area (Å²) in [5, 5.41) is 3.48. The second kappa shape index (κ2) is 11.4. The summed E-state index contributed by atoms with van der Waals surface area (Å²) in [6.45, 7) is 1.54. The maximum atomic E-state index is 15.5. The van der Waals surface area contributed by atoms with Crippen molar-refractivity contribution in [3.05, 3.63) is 72.4 Å². The predicted molar refractivity (Wildman–Crippen MR) is 139 cm³/mol. The minimum absolute atomic E-state index is 0.0597. The lowest BCUT2D eigenvalue weighted by Gasteiger charge is -2.24. The lowest BCUT2D eigenvalue weighted by molar-refractivity contribution is -0.137. The SMILES string of the molecule is CCC(=O)N(c1ccc(S(=O)(=O)Nc2ccon2)cn1)c1cc(F)c(-c2cc(OC)cc(C(F)(F)F)c2)cc1OC. The molecule has 41 heavy (non-hydrogen) atoms. The average Bonchev–Trinajstić information content (AvgIpc) is 3.45. The Bertz CT molecular complexity index is 1660. The molecule has 0 atom stereocenters. The summed E-state index contributed by atoms with van der Waals surface area (Å²) in [6, 6.07) is 8.55. The van der Waals surface area contributed by atoms with Gasteiger partial charge in [-0.15, -0.1) is 0 Å². The molecule has 2 aromatic heterocycles. The highest BCUT2D eigenvalue weighted by Gasteiger charge is 2.32. The van der Waals surface area contributed by atoms with Gasteiger partial charge in [-0.1, -0.05) is 12.1 Å². The third-order valence-corrected chi connectivity index (χ3v) is 7.12. The number of rotatable bonds is 9. The third-order valence-electron chi connectivity index (χ3n) is 5.78. The van der Waals surface area contributed by atoms with Gasteiger partial charge in [0.2, 0.25) is 5.91 Å². The van der Waals surface area contributed by atoms with Gasteiger partial charge in [0, 0.05) is 30.3 Å². The van der Waals surface area contributed by atoms with Gasteiger partial charge in [-0.05, 0) is 42.0 Å². The van der Waals surface area contributed by atoms with Gasteiger partial charge in [-0.25, -0.2) is 17.8 Å². The van der Waals surface area contributed by atoms with Crippen LogP contribution in [0.4, 0.5) is 34.9 Å². The van der Waals surface area contributed by atoms with Gasteiger partial charge in [-0.2, -0.15) is 13.2 Å². The summed E-state index contributed by atoms with van der Waals surface area (Å²) in [5.41, 5.74) is -1.54. The fourth-order valence-corrected chi connectivity index (χ4v) is 4.74. The van der Waals surface area contributed by atoms with Crippen LogP contribution in [-0.4, -0.2) is 38.7 Å². The van der Waals surface area contributed by atoms with Crippen LogP contribution in [0.5, 0.6) is 11.5 Å². The van der Waals surface area contributed by atoms with Crippen LogP contribution in [0.15, 0.2) is 70.4 Å². The molecule has 1 amide bonds. The fourth-order valence-electron chi connectivity index (χ4n) is 3.81. The summed E-state index contributed by atoms with van der Waals surface area (Å²) >= 11 is 0. The normalized spacial score (nSPS) is 11.7. The number of amides is 1. The Morgan fingerprint density at radius 3 is 2.39 bits per heavy atom. The van der Waals surface area contributed by atoms with Crippen molar-refractivity contribution in [2.75, 3.05) is 23.8 Å². The van der Waals surface area contributed by atoms with E-state index in [1.807, 2.05) is 0 Å². The van der Waals surface area contributed by atoms with Gasteiger partial charge in [0.1, 0.15) is 34.3 Å². The van der Waals surface area contributed by atoms with Crippen LogP contribution in [0.1, 0.15) is 18.9 Å². The molecule has 2 heterocycles. The minimum atomic E-state index is -4.72. The molecule has 1 N–H and O–H groups in total. The Kier molecular flexibility index (Phi) is 8.19. The van der Waals surface area contributed by atoms with E-state index in [-0.39, 0.29) is 51.3 Å². The van der Waals surface area contributed by atoms with Gasteiger partial charge >= 0.3 is 6.18 Å². The van der Waals surface area contributed by atoms with E-state index in [1.54, 1.807) is 6.92 Å². The molecule has 0 spiro atoms. The van der Waals surface area contributed by atoms with E-state index in [0.29, 0.717) is 0 Å². The van der Waals surface area contributed by atoms with Crippen LogP contribution in [0.3, 0.4) is 0 Å². The molecular weight excluding hydrogens is 572 g/mol. The Morgan fingerprint density at radius 2 is 1.83 bits per heavy atom. The fraction of sp³-hybridized carbons (Fsp3) is 0.192. The number of sulfonamides is 1. The van der Waals surface area contributed by atoms with Crippen LogP contribution < -0.4 is 19.1 Å². The number of benzene rings is 2. The first kappa shape index (κ1) is 29.3. The third kappa shape index (κ3) is 6.24. The van der Waals surface area contributed by atoms with Gasteiger partial charge in [0.05, 0.1) is 25.5 Å². The standard InChI is InChI=1S/C26H22F4N4O6S/c1-4-25(35)34(24-6-5-18(14-31-24)41(36,37)33-23-7-8-40-32-23)21-13-20(27)19(12-22(21)39-3)15-9-16(26(28,29)30)11-17(10-15)38-2/h5-14H,4H2,1-3H3,(H,32,33). The topological polar surface area (TPSA) is 124 Å². The Balaban J connectivity index is 1.78. The summed E-state index contributed by atoms with van der Waals surface area (Å²) in [5.74, 6) is -1.85. The molecule has 0 unspecified atom stereocenters. The number of methoxy groups -OCH3 is 2. The molecule has 2 aromatic carbocycles. The van der Waals surface area contributed by atoms with Gasteiger partial charge < -0.3 is 14.0 Å². The predicted octanol–water partition coefficient (Wildman–Crippen LogP) is 5.79. The zero-order chi connectivity index (χ0) is 29.9. The van der Waals surface area contributed by atoms with Crippen LogP contribution in [0.25, 0.3) is 11.1 Å². The summed E-state index contributed by atoms with van der Waals surface area (Å²) in [7, 11) is -1.69. The molecule has 0 aliphatic heterocycles. The van der Waals surface area contributed by atoms with Crippen molar-refractivity contribution in [1.29, 1.82) is 0 Å². The molecule has 216 valence electrons. The second-order valence-electron chi connectivity index (χ2n) is 8.38. The molecule has 10 nitrogen and oxygen atoms in total. The average molecular weight is 595 g/mol. The van der Waals surface area contributed by atoms with Gasteiger partial charge in [-0.3, -0.25) is 14.4 Å². The highest BCUT2D eigenvalue weighted by molar-refractivity contribution is 7.92. The number of aromatic nitrogens is 2. The highest BCUT2D eigenvalue weighted by Crippen LogP contribution is 2.41. The maximum absolute atomic E-state index is 15.5. The van der Waals surface area contributed by atoms with Crippen molar-refractivity contribution in [3.63, 3.8) is 0 Å². The number of carbonyl (C=O) groups excluding carboxylic acids is 1. The lowest BCUT2D eigenvalue weighted by atomic mass is 10.0. The molecule has 0 radical (unpaired) electrons. The summed E-state index contributed by atoms with van der Waals surface area (Å²) in [6.07, 6.45) is -2.62. The van der Waals surface area contributed by atoms with E-state index in [4.69, 9.17) is 9.47 Å². The van der Waals surface area contributed by atoms with Crippen LogP contribution in [0.2, 0.25) is 0 Å².